The lowest BCUT2D eigenvalue weighted by atomic mass is 10.2. The summed E-state index contributed by atoms with van der Waals surface area (Å²) in [5, 5.41) is 7.37. The molecule has 0 heterocycles. The average molecular weight is 486 g/mol. The third-order valence-electron chi connectivity index (χ3n) is 4.33. The molecule has 0 bridgehead atoms. The number of hydrogen-bond acceptors (Lipinski definition) is 5. The number of nitrogens with one attached hydrogen (secondary N) is 2. The van der Waals surface area contributed by atoms with E-state index in [2.05, 4.69) is 15.8 Å². The number of hydrogen-bond donors (Lipinski definition) is 2. The summed E-state index contributed by atoms with van der Waals surface area (Å²) in [7, 11) is 0. The highest BCUT2D eigenvalue weighted by atomic mass is 35.5. The summed E-state index contributed by atoms with van der Waals surface area (Å²) in [4.78, 5) is 23.9. The van der Waals surface area contributed by atoms with Gasteiger partial charge in [-0.3, -0.25) is 9.59 Å². The first kappa shape index (κ1) is 24.1. The normalized spacial score (nSPS) is 10.6. The maximum Gasteiger partial charge on any atom is 0.329 e. The van der Waals surface area contributed by atoms with Crippen LogP contribution in [0.5, 0.6) is 11.5 Å². The van der Waals surface area contributed by atoms with E-state index in [1.165, 1.54) is 6.21 Å². The van der Waals surface area contributed by atoms with E-state index in [1.54, 1.807) is 66.7 Å². The van der Waals surface area contributed by atoms with E-state index in [9.17, 15) is 9.59 Å². The van der Waals surface area contributed by atoms with Gasteiger partial charge in [-0.1, -0.05) is 29.3 Å². The first-order chi connectivity index (χ1) is 16.0. The predicted molar refractivity (Wildman–Crippen MR) is 129 cm³/mol. The summed E-state index contributed by atoms with van der Waals surface area (Å²) >= 11 is 12.3. The van der Waals surface area contributed by atoms with Crippen molar-refractivity contribution in [2.24, 2.45) is 5.10 Å². The largest absolute Gasteiger partial charge is 0.494 e. The molecule has 2 amide bonds. The Morgan fingerprint density at radius 1 is 0.879 bits per heavy atom. The van der Waals surface area contributed by atoms with E-state index in [0.29, 0.717) is 45.0 Å². The Morgan fingerprint density at radius 2 is 1.48 bits per heavy atom. The summed E-state index contributed by atoms with van der Waals surface area (Å²) in [6.45, 7) is 2.65. The van der Waals surface area contributed by atoms with Crippen LogP contribution in [-0.2, 0) is 16.2 Å². The number of carbonyl (C=O) groups excluding carboxylic acids is 2. The van der Waals surface area contributed by atoms with Crippen LogP contribution in [0.4, 0.5) is 5.69 Å². The molecule has 3 aromatic rings. The molecule has 0 unspecified atom stereocenters. The summed E-state index contributed by atoms with van der Waals surface area (Å²) in [6, 6.07) is 18.9. The molecule has 2 N–H and O–H groups in total. The molecule has 0 saturated heterocycles. The maximum absolute atomic E-state index is 12.0. The van der Waals surface area contributed by atoms with E-state index in [1.807, 2.05) is 6.92 Å². The third kappa shape index (κ3) is 7.24. The Balaban J connectivity index is 1.47. The fourth-order valence-corrected chi connectivity index (χ4v) is 3.19. The van der Waals surface area contributed by atoms with Crippen molar-refractivity contribution < 1.29 is 19.1 Å². The molecular weight excluding hydrogens is 465 g/mol. The van der Waals surface area contributed by atoms with Crippen LogP contribution in [0.2, 0.25) is 10.0 Å². The topological polar surface area (TPSA) is 89.0 Å². The Kier molecular flexibility index (Phi) is 8.69. The first-order valence-corrected chi connectivity index (χ1v) is 10.7. The first-order valence-electron chi connectivity index (χ1n) is 9.99. The van der Waals surface area contributed by atoms with Gasteiger partial charge >= 0.3 is 11.8 Å². The zero-order valence-electron chi connectivity index (χ0n) is 17.7. The number of amides is 2. The Labute approximate surface area is 201 Å². The molecule has 170 valence electrons. The Hall–Kier alpha value is -3.55. The zero-order chi connectivity index (χ0) is 23.6. The van der Waals surface area contributed by atoms with Crippen molar-refractivity contribution in [3.05, 3.63) is 87.9 Å². The highest BCUT2D eigenvalue weighted by Gasteiger charge is 2.13. The highest BCUT2D eigenvalue weighted by molar-refractivity contribution is 6.39. The van der Waals surface area contributed by atoms with Gasteiger partial charge in [-0.2, -0.15) is 5.10 Å². The minimum absolute atomic E-state index is 0.228. The lowest BCUT2D eigenvalue weighted by Gasteiger charge is -2.09. The second-order valence-corrected chi connectivity index (χ2v) is 7.48. The number of anilines is 1. The molecule has 7 nitrogen and oxygen atoms in total. The van der Waals surface area contributed by atoms with Crippen LogP contribution in [0.15, 0.2) is 71.8 Å². The van der Waals surface area contributed by atoms with Gasteiger partial charge in [0.1, 0.15) is 18.1 Å². The van der Waals surface area contributed by atoms with E-state index in [0.717, 1.165) is 0 Å². The Morgan fingerprint density at radius 3 is 2.12 bits per heavy atom. The van der Waals surface area contributed by atoms with E-state index < -0.39 is 11.8 Å². The smallest absolute Gasteiger partial charge is 0.329 e. The molecule has 0 saturated carbocycles. The standard InChI is InChI=1S/C24H21Cl2N3O4/c1-2-32-18-12-8-17(9-13-18)28-23(30)24(31)29-27-14-16-6-10-19(11-7-16)33-15-20-21(25)4-3-5-22(20)26/h3-14H,2,15H2,1H3,(H,28,30)(H,29,31)/b27-14+. The van der Waals surface area contributed by atoms with Crippen LogP contribution in [0.1, 0.15) is 18.1 Å². The van der Waals surface area contributed by atoms with Gasteiger partial charge in [0.25, 0.3) is 0 Å². The predicted octanol–water partition coefficient (Wildman–Crippen LogP) is 5.06. The second kappa shape index (κ2) is 11.9. The number of benzene rings is 3. The van der Waals surface area contributed by atoms with Gasteiger partial charge in [-0.15, -0.1) is 0 Å². The molecule has 0 radical (unpaired) electrons. The molecular formula is C24H21Cl2N3O4. The van der Waals surface area contributed by atoms with E-state index in [4.69, 9.17) is 32.7 Å². The molecule has 0 aliphatic carbocycles. The average Bonchev–Trinajstić information content (AvgIpc) is 2.81. The van der Waals surface area contributed by atoms with Gasteiger partial charge in [0, 0.05) is 21.3 Å². The van der Waals surface area contributed by atoms with Crippen molar-refractivity contribution in [3.63, 3.8) is 0 Å². The zero-order valence-corrected chi connectivity index (χ0v) is 19.2. The molecule has 0 fully saturated rings. The number of carbonyl (C=O) groups is 2. The van der Waals surface area contributed by atoms with Crippen molar-refractivity contribution in [3.8, 4) is 11.5 Å². The fourth-order valence-electron chi connectivity index (χ4n) is 2.68. The van der Waals surface area contributed by atoms with Crippen molar-refractivity contribution in [2.45, 2.75) is 13.5 Å². The summed E-state index contributed by atoms with van der Waals surface area (Å²) < 4.78 is 11.0. The van der Waals surface area contributed by atoms with Gasteiger partial charge in [0.2, 0.25) is 0 Å². The van der Waals surface area contributed by atoms with Crippen molar-refractivity contribution in [1.82, 2.24) is 5.43 Å². The minimum Gasteiger partial charge on any atom is -0.494 e. The fraction of sp³-hybridized carbons (Fsp3) is 0.125. The van der Waals surface area contributed by atoms with Gasteiger partial charge in [-0.05, 0) is 73.2 Å². The lowest BCUT2D eigenvalue weighted by Crippen LogP contribution is -2.32. The van der Waals surface area contributed by atoms with E-state index in [-0.39, 0.29) is 6.61 Å². The molecule has 0 aliphatic heterocycles. The number of halogens is 2. The second-order valence-electron chi connectivity index (χ2n) is 6.67. The minimum atomic E-state index is -0.892. The number of nitrogens with zero attached hydrogens (tertiary/aromatic N) is 1. The molecule has 9 heteroatoms. The lowest BCUT2D eigenvalue weighted by molar-refractivity contribution is -0.136. The van der Waals surface area contributed by atoms with Crippen molar-refractivity contribution >= 4 is 46.9 Å². The molecule has 33 heavy (non-hydrogen) atoms. The van der Waals surface area contributed by atoms with Gasteiger partial charge in [-0.25, -0.2) is 5.43 Å². The molecule has 0 aliphatic rings. The van der Waals surface area contributed by atoms with Crippen LogP contribution in [0, 0.1) is 0 Å². The van der Waals surface area contributed by atoms with Gasteiger partial charge in [0.15, 0.2) is 0 Å². The van der Waals surface area contributed by atoms with Crippen LogP contribution < -0.4 is 20.2 Å². The van der Waals surface area contributed by atoms with Crippen LogP contribution in [0.3, 0.4) is 0 Å². The molecule has 0 spiro atoms. The summed E-state index contributed by atoms with van der Waals surface area (Å²) in [5.41, 5.74) is 4.06. The van der Waals surface area contributed by atoms with Crippen molar-refractivity contribution in [2.75, 3.05) is 11.9 Å². The van der Waals surface area contributed by atoms with Crippen molar-refractivity contribution in [1.29, 1.82) is 0 Å². The number of rotatable bonds is 8. The summed E-state index contributed by atoms with van der Waals surface area (Å²) in [6.07, 6.45) is 1.41. The Bertz CT molecular complexity index is 1110. The highest BCUT2D eigenvalue weighted by Crippen LogP contribution is 2.26. The summed E-state index contributed by atoms with van der Waals surface area (Å²) in [5.74, 6) is -0.439. The van der Waals surface area contributed by atoms with Gasteiger partial charge in [0.05, 0.1) is 12.8 Å². The van der Waals surface area contributed by atoms with Crippen LogP contribution in [-0.4, -0.2) is 24.6 Å². The monoisotopic (exact) mass is 485 g/mol. The SMILES string of the molecule is CCOc1ccc(NC(=O)C(=O)N/N=C/c2ccc(OCc3c(Cl)cccc3Cl)cc2)cc1. The van der Waals surface area contributed by atoms with Crippen LogP contribution >= 0.6 is 23.2 Å². The number of hydrazone groups is 1. The van der Waals surface area contributed by atoms with Gasteiger partial charge < -0.3 is 14.8 Å². The molecule has 0 atom stereocenters. The molecule has 0 aromatic heterocycles. The quantitative estimate of drug-likeness (QED) is 0.265. The van der Waals surface area contributed by atoms with E-state index >= 15 is 0 Å². The maximum atomic E-state index is 12.0. The third-order valence-corrected chi connectivity index (χ3v) is 5.04. The van der Waals surface area contributed by atoms with Crippen LogP contribution in [0.25, 0.3) is 0 Å². The molecule has 3 rings (SSSR count). The molecule has 3 aromatic carbocycles. The number of ether oxygens (including phenoxy) is 2.